The van der Waals surface area contributed by atoms with Crippen LogP contribution < -0.4 is 5.32 Å². The van der Waals surface area contributed by atoms with Gasteiger partial charge in [-0.25, -0.2) is 0 Å². The van der Waals surface area contributed by atoms with Crippen LogP contribution in [0.15, 0.2) is 30.3 Å². The normalized spacial score (nSPS) is 10.4. The summed E-state index contributed by atoms with van der Waals surface area (Å²) < 4.78 is 1.91. The summed E-state index contributed by atoms with van der Waals surface area (Å²) in [4.78, 5) is 11.1. The number of aromatic nitrogens is 2. The zero-order valence-corrected chi connectivity index (χ0v) is 10.9. The van der Waals surface area contributed by atoms with Crippen LogP contribution >= 0.6 is 0 Å². The van der Waals surface area contributed by atoms with Crippen LogP contribution in [-0.2, 0) is 11.3 Å². The van der Waals surface area contributed by atoms with E-state index in [0.717, 1.165) is 17.1 Å². The fourth-order valence-electron chi connectivity index (χ4n) is 1.96. The fourth-order valence-corrected chi connectivity index (χ4v) is 1.96. The molecule has 0 aliphatic heterocycles. The molecule has 0 unspecified atom stereocenters. The van der Waals surface area contributed by atoms with Gasteiger partial charge in [0.2, 0.25) is 5.91 Å². The molecule has 0 saturated carbocycles. The van der Waals surface area contributed by atoms with Crippen LogP contribution in [0.3, 0.4) is 0 Å². The number of hydrogen-bond acceptors (Lipinski definition) is 2. The number of aryl methyl sites for hydroxylation is 1. The van der Waals surface area contributed by atoms with Crippen molar-refractivity contribution in [2.24, 2.45) is 0 Å². The Morgan fingerprint density at radius 1 is 1.28 bits per heavy atom. The van der Waals surface area contributed by atoms with Crippen molar-refractivity contribution in [3.63, 3.8) is 0 Å². The van der Waals surface area contributed by atoms with Crippen LogP contribution in [0.1, 0.15) is 23.9 Å². The Kier molecular flexibility index (Phi) is 3.46. The van der Waals surface area contributed by atoms with E-state index in [1.165, 1.54) is 12.5 Å². The summed E-state index contributed by atoms with van der Waals surface area (Å²) in [5.74, 6) is -0.0690. The number of hydrogen-bond donors (Lipinski definition) is 1. The molecule has 2 aromatic rings. The van der Waals surface area contributed by atoms with Gasteiger partial charge in [-0.1, -0.05) is 30.3 Å². The van der Waals surface area contributed by atoms with Crippen molar-refractivity contribution in [2.75, 3.05) is 5.32 Å². The topological polar surface area (TPSA) is 46.9 Å². The maximum Gasteiger partial charge on any atom is 0.221 e. The molecule has 1 amide bonds. The lowest BCUT2D eigenvalue weighted by molar-refractivity contribution is -0.114. The van der Waals surface area contributed by atoms with Crippen LogP contribution in [-0.4, -0.2) is 15.7 Å². The molecule has 94 valence electrons. The predicted octanol–water partition coefficient (Wildman–Crippen LogP) is 2.51. The minimum absolute atomic E-state index is 0.0690. The van der Waals surface area contributed by atoms with Gasteiger partial charge in [-0.05, 0) is 19.4 Å². The first-order chi connectivity index (χ1) is 8.58. The summed E-state index contributed by atoms with van der Waals surface area (Å²) in [6.07, 6.45) is 0. The maximum absolute atomic E-state index is 11.1. The molecule has 0 saturated heterocycles. The highest BCUT2D eigenvalue weighted by molar-refractivity contribution is 5.89. The van der Waals surface area contributed by atoms with E-state index in [0.29, 0.717) is 6.54 Å². The fraction of sp³-hybridized carbons (Fsp3) is 0.286. The Hall–Kier alpha value is -2.10. The van der Waals surface area contributed by atoms with E-state index in [2.05, 4.69) is 22.5 Å². The molecule has 18 heavy (non-hydrogen) atoms. The van der Waals surface area contributed by atoms with Crippen molar-refractivity contribution < 1.29 is 4.79 Å². The summed E-state index contributed by atoms with van der Waals surface area (Å²) in [5, 5.41) is 7.29. The van der Waals surface area contributed by atoms with Gasteiger partial charge < -0.3 is 5.32 Å². The van der Waals surface area contributed by atoms with Crippen molar-refractivity contribution in [3.05, 3.63) is 47.3 Å². The summed E-state index contributed by atoms with van der Waals surface area (Å²) >= 11 is 0. The molecule has 1 N–H and O–H groups in total. The van der Waals surface area contributed by atoms with Crippen LogP contribution in [0.25, 0.3) is 0 Å². The largest absolute Gasteiger partial charge is 0.323 e. The molecule has 0 radical (unpaired) electrons. The van der Waals surface area contributed by atoms with Crippen LogP contribution in [0.5, 0.6) is 0 Å². The lowest BCUT2D eigenvalue weighted by Crippen LogP contribution is -2.08. The quantitative estimate of drug-likeness (QED) is 0.900. The molecule has 0 atom stereocenters. The van der Waals surface area contributed by atoms with E-state index in [9.17, 15) is 4.79 Å². The number of nitrogens with zero attached hydrogens (tertiary/aromatic N) is 2. The molecule has 1 aromatic carbocycles. The smallest absolute Gasteiger partial charge is 0.221 e. The molecule has 0 fully saturated rings. The number of amides is 1. The molecule has 0 aliphatic carbocycles. The Labute approximate surface area is 107 Å². The standard InChI is InChI=1S/C14H17N3O/c1-10-14(15-12(3)18)11(2)17(16-10)9-13-7-5-4-6-8-13/h4-8H,9H2,1-3H3,(H,15,18). The van der Waals surface area contributed by atoms with Crippen molar-refractivity contribution in [1.29, 1.82) is 0 Å². The van der Waals surface area contributed by atoms with E-state index in [1.807, 2.05) is 36.7 Å². The van der Waals surface area contributed by atoms with Gasteiger partial charge in [0, 0.05) is 6.92 Å². The maximum atomic E-state index is 11.1. The monoisotopic (exact) mass is 243 g/mol. The van der Waals surface area contributed by atoms with Gasteiger partial charge in [0.25, 0.3) is 0 Å². The average Bonchev–Trinajstić information content (AvgIpc) is 2.58. The minimum atomic E-state index is -0.0690. The molecule has 1 heterocycles. The molecule has 4 nitrogen and oxygen atoms in total. The molecule has 2 rings (SSSR count). The van der Waals surface area contributed by atoms with Crippen LogP contribution in [0.4, 0.5) is 5.69 Å². The molecular formula is C14H17N3O. The lowest BCUT2D eigenvalue weighted by Gasteiger charge is -2.05. The molecule has 0 spiro atoms. The highest BCUT2D eigenvalue weighted by Crippen LogP contribution is 2.20. The first-order valence-electron chi connectivity index (χ1n) is 5.93. The second-order valence-corrected chi connectivity index (χ2v) is 4.37. The van der Waals surface area contributed by atoms with Gasteiger partial charge in [0.1, 0.15) is 0 Å². The van der Waals surface area contributed by atoms with E-state index in [-0.39, 0.29) is 5.91 Å². The summed E-state index contributed by atoms with van der Waals surface area (Å²) in [7, 11) is 0. The SMILES string of the molecule is CC(=O)Nc1c(C)nn(Cc2ccccc2)c1C. The number of nitrogens with one attached hydrogen (secondary N) is 1. The summed E-state index contributed by atoms with van der Waals surface area (Å²) in [5.41, 5.74) is 3.83. The van der Waals surface area contributed by atoms with Crippen molar-refractivity contribution in [2.45, 2.75) is 27.3 Å². The Bertz CT molecular complexity index is 558. The van der Waals surface area contributed by atoms with Gasteiger partial charge in [0.15, 0.2) is 0 Å². The highest BCUT2D eigenvalue weighted by atomic mass is 16.1. The first kappa shape index (κ1) is 12.4. The third kappa shape index (κ3) is 2.59. The van der Waals surface area contributed by atoms with Crippen molar-refractivity contribution in [3.8, 4) is 0 Å². The van der Waals surface area contributed by atoms with E-state index >= 15 is 0 Å². The Balaban J connectivity index is 2.27. The molecule has 0 bridgehead atoms. The van der Waals surface area contributed by atoms with Gasteiger partial charge in [0.05, 0.1) is 23.6 Å². The first-order valence-corrected chi connectivity index (χ1v) is 5.93. The van der Waals surface area contributed by atoms with Crippen molar-refractivity contribution in [1.82, 2.24) is 9.78 Å². The summed E-state index contributed by atoms with van der Waals surface area (Å²) in [6.45, 7) is 6.09. The zero-order valence-electron chi connectivity index (χ0n) is 10.9. The summed E-state index contributed by atoms with van der Waals surface area (Å²) in [6, 6.07) is 10.1. The third-order valence-corrected chi connectivity index (χ3v) is 2.86. The third-order valence-electron chi connectivity index (χ3n) is 2.86. The molecular weight excluding hydrogens is 226 g/mol. The van der Waals surface area contributed by atoms with E-state index < -0.39 is 0 Å². The van der Waals surface area contributed by atoms with E-state index in [4.69, 9.17) is 0 Å². The van der Waals surface area contributed by atoms with Gasteiger partial charge in [-0.15, -0.1) is 0 Å². The van der Waals surface area contributed by atoms with Gasteiger partial charge in [-0.2, -0.15) is 5.10 Å². The number of anilines is 1. The molecule has 1 aromatic heterocycles. The Morgan fingerprint density at radius 3 is 2.56 bits per heavy atom. The van der Waals surface area contributed by atoms with Gasteiger partial charge in [-0.3, -0.25) is 9.48 Å². The molecule has 4 heteroatoms. The van der Waals surface area contributed by atoms with Crippen molar-refractivity contribution >= 4 is 11.6 Å². The minimum Gasteiger partial charge on any atom is -0.323 e. The Morgan fingerprint density at radius 2 is 1.94 bits per heavy atom. The predicted molar refractivity (Wildman–Crippen MR) is 71.5 cm³/mol. The zero-order chi connectivity index (χ0) is 13.1. The lowest BCUT2D eigenvalue weighted by atomic mass is 10.2. The van der Waals surface area contributed by atoms with Crippen LogP contribution in [0, 0.1) is 13.8 Å². The second-order valence-electron chi connectivity index (χ2n) is 4.37. The van der Waals surface area contributed by atoms with Gasteiger partial charge >= 0.3 is 0 Å². The number of benzene rings is 1. The van der Waals surface area contributed by atoms with Crippen LogP contribution in [0.2, 0.25) is 0 Å². The second kappa shape index (κ2) is 5.04. The average molecular weight is 243 g/mol. The highest BCUT2D eigenvalue weighted by Gasteiger charge is 2.12. The van der Waals surface area contributed by atoms with E-state index in [1.54, 1.807) is 0 Å². The number of rotatable bonds is 3. The molecule has 0 aliphatic rings. The number of carbonyl (C=O) groups excluding carboxylic acids is 1. The number of carbonyl (C=O) groups is 1.